The van der Waals surface area contributed by atoms with E-state index < -0.39 is 22.4 Å². The van der Waals surface area contributed by atoms with E-state index in [1.54, 1.807) is 0 Å². The van der Waals surface area contributed by atoms with Crippen LogP contribution in [0.1, 0.15) is 20.7 Å². The molecule has 6 nitrogen and oxygen atoms in total. The summed E-state index contributed by atoms with van der Waals surface area (Å²) < 4.78 is 9.60. The van der Waals surface area contributed by atoms with E-state index in [-0.39, 0.29) is 22.6 Å². The number of carbonyl (C=O) groups is 4. The maximum absolute atomic E-state index is 11.6. The Morgan fingerprint density at radius 1 is 0.583 bits per heavy atom. The number of hydrogen-bond donors (Lipinski definition) is 0. The number of esters is 2. The lowest BCUT2D eigenvalue weighted by Crippen LogP contribution is -2.25. The maximum atomic E-state index is 11.6. The van der Waals surface area contributed by atoms with Gasteiger partial charge in [-0.15, -0.1) is 0 Å². The van der Waals surface area contributed by atoms with Gasteiger partial charge in [-0.25, -0.2) is 9.59 Å². The Labute approximate surface area is 145 Å². The zero-order chi connectivity index (χ0) is 17.7. The van der Waals surface area contributed by atoms with Crippen molar-refractivity contribution in [3.63, 3.8) is 0 Å². The van der Waals surface area contributed by atoms with E-state index in [0.717, 1.165) is 0 Å². The molecule has 24 heavy (non-hydrogen) atoms. The van der Waals surface area contributed by atoms with Crippen LogP contribution in [0.15, 0.2) is 48.5 Å². The fraction of sp³-hybridized carbons (Fsp3) is 0. The highest BCUT2D eigenvalue weighted by molar-refractivity contribution is 6.68. The summed E-state index contributed by atoms with van der Waals surface area (Å²) in [4.78, 5) is 45.1. The summed E-state index contributed by atoms with van der Waals surface area (Å²) in [5.41, 5.74) is 0.431. The molecule has 0 saturated carbocycles. The number of hydrogen-bond acceptors (Lipinski definition) is 6. The Morgan fingerprint density at radius 2 is 0.875 bits per heavy atom. The van der Waals surface area contributed by atoms with Crippen molar-refractivity contribution < 1.29 is 28.7 Å². The Morgan fingerprint density at radius 3 is 1.12 bits per heavy atom. The summed E-state index contributed by atoms with van der Waals surface area (Å²) in [6, 6.07) is 10.6. The Hall–Kier alpha value is -2.70. The number of rotatable bonds is 4. The lowest BCUT2D eigenvalue weighted by atomic mass is 10.2. The van der Waals surface area contributed by atoms with E-state index in [2.05, 4.69) is 0 Å². The van der Waals surface area contributed by atoms with Crippen LogP contribution in [0.3, 0.4) is 0 Å². The van der Waals surface area contributed by atoms with Crippen molar-refractivity contribution in [1.82, 2.24) is 0 Å². The molecule has 0 fully saturated rings. The molecule has 2 aromatic carbocycles. The second kappa shape index (κ2) is 7.72. The average molecular weight is 367 g/mol. The Balaban J connectivity index is 1.97. The van der Waals surface area contributed by atoms with Gasteiger partial charge in [-0.1, -0.05) is 0 Å². The molecule has 0 aliphatic rings. The van der Waals surface area contributed by atoms with Gasteiger partial charge in [-0.05, 0) is 71.7 Å². The number of carbonyl (C=O) groups excluding carboxylic acids is 4. The molecule has 8 heteroatoms. The highest BCUT2D eigenvalue weighted by Gasteiger charge is 2.19. The van der Waals surface area contributed by atoms with Gasteiger partial charge in [0.05, 0.1) is 0 Å². The minimum absolute atomic E-state index is 0.0432. The topological polar surface area (TPSA) is 86.7 Å². The average Bonchev–Trinajstić information content (AvgIpc) is 2.55. The zero-order valence-corrected chi connectivity index (χ0v) is 13.3. The molecule has 0 aliphatic heterocycles. The second-order valence-corrected chi connectivity index (χ2v) is 5.06. The fourth-order valence-electron chi connectivity index (χ4n) is 1.61. The van der Waals surface area contributed by atoms with Crippen LogP contribution in [0.4, 0.5) is 0 Å². The van der Waals surface area contributed by atoms with Gasteiger partial charge in [-0.2, -0.15) is 0 Å². The van der Waals surface area contributed by atoms with E-state index in [1.165, 1.54) is 48.5 Å². The minimum Gasteiger partial charge on any atom is -0.418 e. The summed E-state index contributed by atoms with van der Waals surface area (Å²) in [7, 11) is 0. The first-order chi connectivity index (χ1) is 11.4. The summed E-state index contributed by atoms with van der Waals surface area (Å²) in [6.07, 6.45) is 0. The van der Waals surface area contributed by atoms with Gasteiger partial charge in [0.2, 0.25) is 0 Å². The molecule has 122 valence electrons. The van der Waals surface area contributed by atoms with Crippen molar-refractivity contribution in [2.45, 2.75) is 0 Å². The standard InChI is InChI=1S/C16H8Cl2O6/c17-13(19)9-1-5-11(6-2-9)23-15(21)16(22)24-12-7-3-10(4-8-12)14(18)20/h1-8H. The molecule has 0 atom stereocenters. The molecular formula is C16H8Cl2O6. The number of benzene rings is 2. The summed E-state index contributed by atoms with van der Waals surface area (Å²) in [6.45, 7) is 0. The minimum atomic E-state index is -1.25. The molecule has 0 aliphatic carbocycles. The van der Waals surface area contributed by atoms with Crippen LogP contribution in [-0.4, -0.2) is 22.4 Å². The quantitative estimate of drug-likeness (QED) is 0.357. The number of ether oxygens (including phenoxy) is 2. The van der Waals surface area contributed by atoms with Gasteiger partial charge in [-0.3, -0.25) is 9.59 Å². The van der Waals surface area contributed by atoms with Gasteiger partial charge >= 0.3 is 11.9 Å². The highest BCUT2D eigenvalue weighted by atomic mass is 35.5. The van der Waals surface area contributed by atoms with E-state index >= 15 is 0 Å². The van der Waals surface area contributed by atoms with Gasteiger partial charge in [0.15, 0.2) is 0 Å². The van der Waals surface area contributed by atoms with Crippen molar-refractivity contribution in [2.24, 2.45) is 0 Å². The molecular weight excluding hydrogens is 359 g/mol. The van der Waals surface area contributed by atoms with Crippen LogP contribution in [0, 0.1) is 0 Å². The molecule has 0 saturated heterocycles. The molecule has 0 unspecified atom stereocenters. The van der Waals surface area contributed by atoms with E-state index in [4.69, 9.17) is 32.7 Å². The third-order valence-electron chi connectivity index (χ3n) is 2.75. The molecule has 2 aromatic rings. The number of halogens is 2. The molecule has 0 heterocycles. The summed E-state index contributed by atoms with van der Waals surface area (Å²) in [5.74, 6) is -2.42. The predicted molar refractivity (Wildman–Crippen MR) is 84.5 cm³/mol. The van der Waals surface area contributed by atoms with Crippen LogP contribution in [0.2, 0.25) is 0 Å². The largest absolute Gasteiger partial charge is 0.423 e. The molecule has 0 N–H and O–H groups in total. The van der Waals surface area contributed by atoms with Crippen molar-refractivity contribution in [1.29, 1.82) is 0 Å². The first kappa shape index (κ1) is 17.7. The molecule has 0 bridgehead atoms. The van der Waals surface area contributed by atoms with Gasteiger partial charge in [0.25, 0.3) is 10.5 Å². The van der Waals surface area contributed by atoms with Crippen molar-refractivity contribution >= 4 is 45.6 Å². The molecule has 2 rings (SSSR count). The Kier molecular flexibility index (Phi) is 5.68. The van der Waals surface area contributed by atoms with Crippen LogP contribution in [-0.2, 0) is 9.59 Å². The van der Waals surface area contributed by atoms with Crippen LogP contribution < -0.4 is 9.47 Å². The van der Waals surface area contributed by atoms with Crippen LogP contribution in [0.5, 0.6) is 11.5 Å². The predicted octanol–water partition coefficient (Wildman–Crippen LogP) is 2.96. The van der Waals surface area contributed by atoms with Gasteiger partial charge in [0.1, 0.15) is 11.5 Å². The Bertz CT molecular complexity index is 727. The van der Waals surface area contributed by atoms with Crippen molar-refractivity contribution in [3.05, 3.63) is 59.7 Å². The second-order valence-electron chi connectivity index (χ2n) is 4.38. The molecule has 0 aromatic heterocycles. The summed E-state index contributed by atoms with van der Waals surface area (Å²) in [5, 5.41) is -1.32. The first-order valence-corrected chi connectivity index (χ1v) is 7.16. The van der Waals surface area contributed by atoms with Crippen LogP contribution >= 0.6 is 23.2 Å². The lowest BCUT2D eigenvalue weighted by molar-refractivity contribution is -0.156. The van der Waals surface area contributed by atoms with Gasteiger partial charge < -0.3 is 9.47 Å². The molecule has 0 spiro atoms. The highest BCUT2D eigenvalue weighted by Crippen LogP contribution is 2.16. The summed E-state index contributed by atoms with van der Waals surface area (Å²) >= 11 is 10.6. The first-order valence-electron chi connectivity index (χ1n) is 6.40. The van der Waals surface area contributed by atoms with Crippen molar-refractivity contribution in [2.75, 3.05) is 0 Å². The van der Waals surface area contributed by atoms with E-state index in [1.807, 2.05) is 0 Å². The monoisotopic (exact) mass is 366 g/mol. The maximum Gasteiger partial charge on any atom is 0.423 e. The van der Waals surface area contributed by atoms with Gasteiger partial charge in [0, 0.05) is 11.1 Å². The zero-order valence-electron chi connectivity index (χ0n) is 11.8. The van der Waals surface area contributed by atoms with Crippen molar-refractivity contribution in [3.8, 4) is 11.5 Å². The van der Waals surface area contributed by atoms with E-state index in [0.29, 0.717) is 0 Å². The fourth-order valence-corrected chi connectivity index (χ4v) is 1.86. The lowest BCUT2D eigenvalue weighted by Gasteiger charge is -2.05. The normalized spacial score (nSPS) is 9.92. The SMILES string of the molecule is O=C(Oc1ccc(C(=O)Cl)cc1)C(=O)Oc1ccc(C(=O)Cl)cc1. The smallest absolute Gasteiger partial charge is 0.418 e. The third kappa shape index (κ3) is 4.65. The van der Waals surface area contributed by atoms with Crippen LogP contribution in [0.25, 0.3) is 0 Å². The molecule has 0 radical (unpaired) electrons. The third-order valence-corrected chi connectivity index (χ3v) is 3.19. The molecule has 0 amide bonds. The van der Waals surface area contributed by atoms with E-state index in [9.17, 15) is 19.2 Å².